The topological polar surface area (TPSA) is 84.7 Å². The lowest BCUT2D eigenvalue weighted by molar-refractivity contribution is -0.127. The van der Waals surface area contributed by atoms with E-state index in [1.165, 1.54) is 18.3 Å². The molecule has 128 valence electrons. The molecule has 1 fully saturated rings. The van der Waals surface area contributed by atoms with Crippen molar-refractivity contribution in [3.63, 3.8) is 0 Å². The van der Waals surface area contributed by atoms with Gasteiger partial charge in [0.05, 0.1) is 6.54 Å². The predicted octanol–water partition coefficient (Wildman–Crippen LogP) is 1.20. The number of nitrogens with zero attached hydrogens (tertiary/aromatic N) is 2. The fraction of sp³-hybridized carbons (Fsp3) is 0.643. The van der Waals surface area contributed by atoms with Gasteiger partial charge in [0.15, 0.2) is 5.69 Å². The number of oxazole rings is 1. The van der Waals surface area contributed by atoms with E-state index >= 15 is 0 Å². The van der Waals surface area contributed by atoms with Gasteiger partial charge in [-0.1, -0.05) is 0 Å². The normalized spacial score (nSPS) is 18.3. The number of nitrogens with one attached hydrogen (secondary N) is 1. The van der Waals surface area contributed by atoms with Gasteiger partial charge in [-0.05, 0) is 19.3 Å². The zero-order valence-corrected chi connectivity index (χ0v) is 12.8. The standard InChI is InChI=1S/C14H19F2N3O4/c1-22-8-12-18-9(7-23-12)14(21)19-5-3-2-4-10(19)13(20)17-6-11(15)16/h7,10-11H,2-6,8H2,1H3,(H,17,20)/t10-/m0/s1. The van der Waals surface area contributed by atoms with E-state index in [1.54, 1.807) is 0 Å². The van der Waals surface area contributed by atoms with Gasteiger partial charge in [-0.25, -0.2) is 13.8 Å². The highest BCUT2D eigenvalue weighted by Crippen LogP contribution is 2.20. The van der Waals surface area contributed by atoms with Crippen molar-refractivity contribution in [2.45, 2.75) is 38.3 Å². The summed E-state index contributed by atoms with van der Waals surface area (Å²) in [5.41, 5.74) is 0.0746. The van der Waals surface area contributed by atoms with E-state index in [-0.39, 0.29) is 18.2 Å². The minimum absolute atomic E-state index is 0.0746. The first-order valence-electron chi connectivity index (χ1n) is 7.33. The molecule has 1 aliphatic heterocycles. The van der Waals surface area contributed by atoms with Gasteiger partial charge in [0.25, 0.3) is 12.3 Å². The smallest absolute Gasteiger partial charge is 0.276 e. The van der Waals surface area contributed by atoms with Crippen molar-refractivity contribution >= 4 is 11.8 Å². The molecule has 1 aromatic rings. The highest BCUT2D eigenvalue weighted by Gasteiger charge is 2.34. The maximum absolute atomic E-state index is 12.5. The van der Waals surface area contributed by atoms with Crippen LogP contribution in [0.4, 0.5) is 8.78 Å². The zero-order chi connectivity index (χ0) is 16.8. The number of rotatable bonds is 6. The summed E-state index contributed by atoms with van der Waals surface area (Å²) in [7, 11) is 1.47. The van der Waals surface area contributed by atoms with Crippen molar-refractivity contribution in [1.29, 1.82) is 0 Å². The molecule has 23 heavy (non-hydrogen) atoms. The lowest BCUT2D eigenvalue weighted by Crippen LogP contribution is -2.52. The number of hydrogen-bond acceptors (Lipinski definition) is 5. The van der Waals surface area contributed by atoms with Gasteiger partial charge in [0.2, 0.25) is 11.8 Å². The lowest BCUT2D eigenvalue weighted by Gasteiger charge is -2.34. The van der Waals surface area contributed by atoms with E-state index in [1.807, 2.05) is 0 Å². The lowest BCUT2D eigenvalue weighted by atomic mass is 10.0. The molecule has 0 bridgehead atoms. The summed E-state index contributed by atoms with van der Waals surface area (Å²) in [6.07, 6.45) is 0.513. The molecule has 9 heteroatoms. The Morgan fingerprint density at radius 2 is 2.30 bits per heavy atom. The SMILES string of the molecule is COCc1nc(C(=O)N2CCCC[C@H]2C(=O)NCC(F)F)co1. The summed E-state index contributed by atoms with van der Waals surface area (Å²) in [4.78, 5) is 29.9. The first-order chi connectivity index (χ1) is 11.0. The van der Waals surface area contributed by atoms with Crippen molar-refractivity contribution < 1.29 is 27.5 Å². The number of carbonyl (C=O) groups excluding carboxylic acids is 2. The van der Waals surface area contributed by atoms with Crippen LogP contribution in [0.1, 0.15) is 35.6 Å². The molecule has 2 heterocycles. The Bertz CT molecular complexity index is 550. The average molecular weight is 331 g/mol. The summed E-state index contributed by atoms with van der Waals surface area (Å²) in [6.45, 7) is -0.219. The maximum Gasteiger partial charge on any atom is 0.276 e. The molecule has 0 aliphatic carbocycles. The number of methoxy groups -OCH3 is 1. The summed E-state index contributed by atoms with van der Waals surface area (Å²) in [6, 6.07) is -0.766. The fourth-order valence-electron chi connectivity index (χ4n) is 2.49. The molecule has 7 nitrogen and oxygen atoms in total. The van der Waals surface area contributed by atoms with Crippen LogP contribution in [-0.4, -0.2) is 54.4 Å². The second-order valence-corrected chi connectivity index (χ2v) is 5.21. The molecule has 2 amide bonds. The molecule has 0 saturated carbocycles. The minimum Gasteiger partial charge on any atom is -0.446 e. The van der Waals surface area contributed by atoms with Crippen LogP contribution in [0.2, 0.25) is 0 Å². The number of aromatic nitrogens is 1. The molecule has 0 radical (unpaired) electrons. The molecule has 0 unspecified atom stereocenters. The van der Waals surface area contributed by atoms with E-state index < -0.39 is 30.8 Å². The van der Waals surface area contributed by atoms with E-state index in [0.717, 1.165) is 12.8 Å². The van der Waals surface area contributed by atoms with Crippen LogP contribution in [0.25, 0.3) is 0 Å². The van der Waals surface area contributed by atoms with Crippen molar-refractivity contribution in [3.8, 4) is 0 Å². The van der Waals surface area contributed by atoms with Crippen LogP contribution < -0.4 is 5.32 Å². The van der Waals surface area contributed by atoms with Crippen LogP contribution in [0, 0.1) is 0 Å². The molecular formula is C14H19F2N3O4. The summed E-state index contributed by atoms with van der Waals surface area (Å²) in [5.74, 6) is -0.765. The highest BCUT2D eigenvalue weighted by molar-refractivity contribution is 5.96. The van der Waals surface area contributed by atoms with Gasteiger partial charge in [0.1, 0.15) is 18.9 Å². The van der Waals surface area contributed by atoms with Gasteiger partial charge in [-0.2, -0.15) is 0 Å². The molecular weight excluding hydrogens is 312 g/mol. The van der Waals surface area contributed by atoms with Crippen LogP contribution in [0.15, 0.2) is 10.7 Å². The third-order valence-electron chi connectivity index (χ3n) is 3.54. The molecule has 1 aromatic heterocycles. The Balaban J connectivity index is 2.07. The van der Waals surface area contributed by atoms with Gasteiger partial charge in [0, 0.05) is 13.7 Å². The summed E-state index contributed by atoms with van der Waals surface area (Å²) < 4.78 is 34.4. The van der Waals surface area contributed by atoms with Crippen molar-refractivity contribution in [2.75, 3.05) is 20.2 Å². The second-order valence-electron chi connectivity index (χ2n) is 5.21. The third kappa shape index (κ3) is 4.47. The highest BCUT2D eigenvalue weighted by atomic mass is 19.3. The number of carbonyl (C=O) groups is 2. The number of halogens is 2. The summed E-state index contributed by atoms with van der Waals surface area (Å²) in [5, 5.41) is 2.17. The first-order valence-corrected chi connectivity index (χ1v) is 7.33. The molecule has 1 atom stereocenters. The number of alkyl halides is 2. The summed E-state index contributed by atoms with van der Waals surface area (Å²) >= 11 is 0. The molecule has 1 saturated heterocycles. The Labute approximate surface area is 132 Å². The zero-order valence-electron chi connectivity index (χ0n) is 12.8. The molecule has 0 aromatic carbocycles. The van der Waals surface area contributed by atoms with E-state index in [9.17, 15) is 18.4 Å². The number of ether oxygens (including phenoxy) is 1. The van der Waals surface area contributed by atoms with Crippen LogP contribution >= 0.6 is 0 Å². The van der Waals surface area contributed by atoms with Crippen LogP contribution in [0.3, 0.4) is 0 Å². The molecule has 0 spiro atoms. The van der Waals surface area contributed by atoms with E-state index in [2.05, 4.69) is 10.3 Å². The quantitative estimate of drug-likeness (QED) is 0.846. The number of piperidine rings is 1. The Kier molecular flexibility index (Phi) is 6.03. The number of likely N-dealkylation sites (tertiary alicyclic amines) is 1. The van der Waals surface area contributed by atoms with E-state index in [4.69, 9.17) is 9.15 Å². The molecule has 1 aliphatic rings. The third-order valence-corrected chi connectivity index (χ3v) is 3.54. The van der Waals surface area contributed by atoms with Crippen molar-refractivity contribution in [2.24, 2.45) is 0 Å². The number of amides is 2. The van der Waals surface area contributed by atoms with Crippen LogP contribution in [0.5, 0.6) is 0 Å². The predicted molar refractivity (Wildman–Crippen MR) is 74.9 cm³/mol. The van der Waals surface area contributed by atoms with Crippen molar-refractivity contribution in [3.05, 3.63) is 17.8 Å². The Hall–Kier alpha value is -2.03. The number of hydrogen-bond donors (Lipinski definition) is 1. The maximum atomic E-state index is 12.5. The van der Waals surface area contributed by atoms with Gasteiger partial charge < -0.3 is 19.4 Å². The largest absolute Gasteiger partial charge is 0.446 e. The monoisotopic (exact) mass is 331 g/mol. The molecule has 2 rings (SSSR count). The minimum atomic E-state index is -2.63. The van der Waals surface area contributed by atoms with Gasteiger partial charge in [-0.3, -0.25) is 9.59 Å². The van der Waals surface area contributed by atoms with Gasteiger partial charge in [-0.15, -0.1) is 0 Å². The van der Waals surface area contributed by atoms with Crippen molar-refractivity contribution in [1.82, 2.24) is 15.2 Å². The second kappa shape index (κ2) is 8.00. The van der Waals surface area contributed by atoms with E-state index in [0.29, 0.717) is 13.0 Å². The Morgan fingerprint density at radius 3 is 3.00 bits per heavy atom. The molecule has 1 N–H and O–H groups in total. The first kappa shape index (κ1) is 17.3. The van der Waals surface area contributed by atoms with Gasteiger partial charge >= 0.3 is 0 Å². The Morgan fingerprint density at radius 1 is 1.52 bits per heavy atom. The van der Waals surface area contributed by atoms with Crippen LogP contribution in [-0.2, 0) is 16.1 Å². The average Bonchev–Trinajstić information content (AvgIpc) is 3.01. The fourth-order valence-corrected chi connectivity index (χ4v) is 2.49.